The SMILES string of the molecule is O=C(O)CCc1ccc(NC(=O)C2CC2c2ccccc2Cl)cc1. The lowest BCUT2D eigenvalue weighted by molar-refractivity contribution is -0.137. The van der Waals surface area contributed by atoms with Crippen molar-refractivity contribution >= 4 is 29.2 Å². The van der Waals surface area contributed by atoms with Crippen molar-refractivity contribution in [3.63, 3.8) is 0 Å². The number of anilines is 1. The van der Waals surface area contributed by atoms with E-state index in [9.17, 15) is 9.59 Å². The Morgan fingerprint density at radius 1 is 1.12 bits per heavy atom. The number of halogens is 1. The number of amides is 1. The second-order valence-electron chi connectivity index (χ2n) is 6.05. The molecule has 1 aliphatic rings. The summed E-state index contributed by atoms with van der Waals surface area (Å²) in [5.41, 5.74) is 2.70. The molecule has 2 N–H and O–H groups in total. The lowest BCUT2D eigenvalue weighted by atomic mass is 10.1. The summed E-state index contributed by atoms with van der Waals surface area (Å²) < 4.78 is 0. The Hall–Kier alpha value is -2.33. The Balaban J connectivity index is 1.56. The van der Waals surface area contributed by atoms with Crippen LogP contribution in [0.1, 0.15) is 29.9 Å². The van der Waals surface area contributed by atoms with Gasteiger partial charge in [-0.1, -0.05) is 41.9 Å². The fraction of sp³-hybridized carbons (Fsp3) is 0.263. The van der Waals surface area contributed by atoms with Gasteiger partial charge >= 0.3 is 5.97 Å². The van der Waals surface area contributed by atoms with Gasteiger partial charge in [-0.3, -0.25) is 9.59 Å². The van der Waals surface area contributed by atoms with Crippen molar-refractivity contribution in [1.82, 2.24) is 0 Å². The fourth-order valence-corrected chi connectivity index (χ4v) is 3.12. The van der Waals surface area contributed by atoms with Gasteiger partial charge in [0, 0.05) is 23.0 Å². The quantitative estimate of drug-likeness (QED) is 0.829. The first-order chi connectivity index (χ1) is 11.5. The number of carboxylic acid groups (broad SMARTS) is 1. The Kier molecular flexibility index (Phi) is 4.86. The van der Waals surface area contributed by atoms with Crippen LogP contribution in [0.5, 0.6) is 0 Å². The third-order valence-electron chi connectivity index (χ3n) is 4.28. The highest BCUT2D eigenvalue weighted by atomic mass is 35.5. The van der Waals surface area contributed by atoms with E-state index in [1.54, 1.807) is 0 Å². The molecule has 4 nitrogen and oxygen atoms in total. The third-order valence-corrected chi connectivity index (χ3v) is 4.63. The first kappa shape index (κ1) is 16.5. The maximum Gasteiger partial charge on any atom is 0.303 e. The Morgan fingerprint density at radius 2 is 1.83 bits per heavy atom. The van der Waals surface area contributed by atoms with E-state index in [2.05, 4.69) is 5.32 Å². The van der Waals surface area contributed by atoms with Crippen LogP contribution in [-0.2, 0) is 16.0 Å². The van der Waals surface area contributed by atoms with Gasteiger partial charge in [0.15, 0.2) is 0 Å². The Labute approximate surface area is 145 Å². The topological polar surface area (TPSA) is 66.4 Å². The summed E-state index contributed by atoms with van der Waals surface area (Å²) in [7, 11) is 0. The molecule has 0 saturated heterocycles. The lowest BCUT2D eigenvalue weighted by Gasteiger charge is -2.07. The minimum atomic E-state index is -0.813. The van der Waals surface area contributed by atoms with E-state index >= 15 is 0 Å². The number of carboxylic acids is 1. The molecule has 1 aliphatic carbocycles. The van der Waals surface area contributed by atoms with E-state index in [1.165, 1.54) is 0 Å². The van der Waals surface area contributed by atoms with Crippen molar-refractivity contribution in [2.75, 3.05) is 5.32 Å². The average molecular weight is 344 g/mol. The molecule has 1 fully saturated rings. The zero-order chi connectivity index (χ0) is 17.1. The predicted molar refractivity (Wildman–Crippen MR) is 93.3 cm³/mol. The minimum Gasteiger partial charge on any atom is -0.481 e. The molecule has 124 valence electrons. The molecule has 0 aliphatic heterocycles. The van der Waals surface area contributed by atoms with Crippen molar-refractivity contribution in [1.29, 1.82) is 0 Å². The normalized spacial score (nSPS) is 18.9. The molecule has 2 atom stereocenters. The van der Waals surface area contributed by atoms with E-state index < -0.39 is 5.97 Å². The summed E-state index contributed by atoms with van der Waals surface area (Å²) in [5, 5.41) is 12.3. The van der Waals surface area contributed by atoms with Crippen LogP contribution in [-0.4, -0.2) is 17.0 Å². The number of carbonyl (C=O) groups is 2. The highest BCUT2D eigenvalue weighted by molar-refractivity contribution is 6.31. The van der Waals surface area contributed by atoms with Gasteiger partial charge in [-0.25, -0.2) is 0 Å². The summed E-state index contributed by atoms with van der Waals surface area (Å²) >= 11 is 6.19. The second kappa shape index (κ2) is 7.05. The number of carbonyl (C=O) groups excluding carboxylic acids is 1. The van der Waals surface area contributed by atoms with Gasteiger partial charge in [-0.05, 0) is 48.1 Å². The highest BCUT2D eigenvalue weighted by Crippen LogP contribution is 2.49. The van der Waals surface area contributed by atoms with Crippen LogP contribution in [0.25, 0.3) is 0 Å². The van der Waals surface area contributed by atoms with Crippen LogP contribution < -0.4 is 5.32 Å². The van der Waals surface area contributed by atoms with Gasteiger partial charge in [0.25, 0.3) is 0 Å². The molecule has 0 spiro atoms. The number of benzene rings is 2. The van der Waals surface area contributed by atoms with Crippen molar-refractivity contribution in [2.24, 2.45) is 5.92 Å². The first-order valence-corrected chi connectivity index (χ1v) is 8.28. The van der Waals surface area contributed by atoms with Gasteiger partial charge in [-0.15, -0.1) is 0 Å². The largest absolute Gasteiger partial charge is 0.481 e. The van der Waals surface area contributed by atoms with Gasteiger partial charge in [-0.2, -0.15) is 0 Å². The standard InChI is InChI=1S/C19H18ClNO3/c20-17-4-2-1-3-14(17)15-11-16(15)19(24)21-13-8-5-12(6-9-13)7-10-18(22)23/h1-6,8-9,15-16H,7,10-11H2,(H,21,24)(H,22,23). The summed E-state index contributed by atoms with van der Waals surface area (Å²) in [6, 6.07) is 14.9. The fourth-order valence-electron chi connectivity index (χ4n) is 2.85. The van der Waals surface area contributed by atoms with E-state index in [-0.39, 0.29) is 24.2 Å². The minimum absolute atomic E-state index is 0.00166. The molecule has 24 heavy (non-hydrogen) atoms. The summed E-state index contributed by atoms with van der Waals surface area (Å²) in [5.74, 6) is -0.671. The lowest BCUT2D eigenvalue weighted by Crippen LogP contribution is -2.14. The van der Waals surface area contributed by atoms with E-state index in [0.717, 1.165) is 23.2 Å². The molecule has 1 amide bonds. The van der Waals surface area contributed by atoms with Crippen LogP contribution in [0.4, 0.5) is 5.69 Å². The Morgan fingerprint density at radius 3 is 2.50 bits per heavy atom. The number of aliphatic carboxylic acids is 1. The van der Waals surface area contributed by atoms with Gasteiger partial charge in [0.05, 0.1) is 0 Å². The average Bonchev–Trinajstić information content (AvgIpc) is 3.35. The van der Waals surface area contributed by atoms with Crippen LogP contribution in [0.3, 0.4) is 0 Å². The molecule has 2 unspecified atom stereocenters. The summed E-state index contributed by atoms with van der Waals surface area (Å²) in [4.78, 5) is 22.9. The zero-order valence-corrected chi connectivity index (χ0v) is 13.8. The second-order valence-corrected chi connectivity index (χ2v) is 6.46. The molecule has 0 heterocycles. The van der Waals surface area contributed by atoms with Crippen LogP contribution in [0, 0.1) is 5.92 Å². The van der Waals surface area contributed by atoms with Crippen LogP contribution in [0.2, 0.25) is 5.02 Å². The van der Waals surface area contributed by atoms with E-state index in [1.807, 2.05) is 48.5 Å². The summed E-state index contributed by atoms with van der Waals surface area (Å²) in [6.45, 7) is 0. The first-order valence-electron chi connectivity index (χ1n) is 7.90. The van der Waals surface area contributed by atoms with Gasteiger partial charge in [0.2, 0.25) is 5.91 Å². The van der Waals surface area contributed by atoms with Crippen LogP contribution in [0.15, 0.2) is 48.5 Å². The predicted octanol–water partition coefficient (Wildman–Crippen LogP) is 4.10. The number of rotatable bonds is 6. The monoisotopic (exact) mass is 343 g/mol. The molecule has 2 aromatic rings. The number of aryl methyl sites for hydroxylation is 1. The van der Waals surface area contributed by atoms with Crippen LogP contribution >= 0.6 is 11.6 Å². The molecule has 0 aromatic heterocycles. The Bertz CT molecular complexity index is 757. The molecule has 0 radical (unpaired) electrons. The highest BCUT2D eigenvalue weighted by Gasteiger charge is 2.44. The number of nitrogens with one attached hydrogen (secondary N) is 1. The maximum absolute atomic E-state index is 12.3. The number of hydrogen-bond donors (Lipinski definition) is 2. The number of hydrogen-bond acceptors (Lipinski definition) is 2. The summed E-state index contributed by atoms with van der Waals surface area (Å²) in [6.07, 6.45) is 1.40. The maximum atomic E-state index is 12.3. The van der Waals surface area contributed by atoms with Crippen molar-refractivity contribution in [3.8, 4) is 0 Å². The molecule has 1 saturated carbocycles. The van der Waals surface area contributed by atoms with Gasteiger partial charge in [0.1, 0.15) is 0 Å². The molecule has 2 aromatic carbocycles. The van der Waals surface area contributed by atoms with Crippen molar-refractivity contribution in [2.45, 2.75) is 25.2 Å². The van der Waals surface area contributed by atoms with E-state index in [4.69, 9.17) is 16.7 Å². The van der Waals surface area contributed by atoms with Gasteiger partial charge < -0.3 is 10.4 Å². The van der Waals surface area contributed by atoms with Crippen molar-refractivity contribution in [3.05, 3.63) is 64.7 Å². The molecule has 3 rings (SSSR count). The molecular weight excluding hydrogens is 326 g/mol. The van der Waals surface area contributed by atoms with E-state index in [0.29, 0.717) is 11.4 Å². The molecule has 0 bridgehead atoms. The third kappa shape index (κ3) is 3.95. The molecular formula is C19H18ClNO3. The zero-order valence-electron chi connectivity index (χ0n) is 13.0. The molecule has 5 heteroatoms. The van der Waals surface area contributed by atoms with Crippen molar-refractivity contribution < 1.29 is 14.7 Å². The smallest absolute Gasteiger partial charge is 0.303 e.